The van der Waals surface area contributed by atoms with E-state index in [2.05, 4.69) is 4.98 Å². The molecule has 0 aliphatic carbocycles. The Labute approximate surface area is 101 Å². The highest BCUT2D eigenvalue weighted by Gasteiger charge is 2.18. The van der Waals surface area contributed by atoms with Crippen LogP contribution in [0.3, 0.4) is 0 Å². The second-order valence-corrected chi connectivity index (χ2v) is 4.32. The maximum atomic E-state index is 11.0. The third-order valence-electron chi connectivity index (χ3n) is 2.22. The Hall–Kier alpha value is -1.92. The first-order valence-electron chi connectivity index (χ1n) is 4.85. The first-order chi connectivity index (χ1) is 8.13. The van der Waals surface area contributed by atoms with Crippen LogP contribution in [0.4, 0.5) is 0 Å². The summed E-state index contributed by atoms with van der Waals surface area (Å²) < 4.78 is 0. The van der Waals surface area contributed by atoms with Crippen molar-refractivity contribution in [2.45, 2.75) is 6.54 Å². The third kappa shape index (κ3) is 2.13. The summed E-state index contributed by atoms with van der Waals surface area (Å²) in [4.78, 5) is 15.2. The Morgan fingerprint density at radius 1 is 1.41 bits per heavy atom. The molecule has 1 aromatic heterocycles. The van der Waals surface area contributed by atoms with E-state index in [1.807, 2.05) is 0 Å². The standard InChI is InChI=1S/C11H10N2O3S/c12-5-7-9(11(15)16)17-10(13-7)6-3-1-2-4-8(6)14/h1-4,14H,5,12H2,(H,15,16). The van der Waals surface area contributed by atoms with Gasteiger partial charge in [0.1, 0.15) is 15.6 Å². The van der Waals surface area contributed by atoms with E-state index in [1.54, 1.807) is 18.2 Å². The molecule has 6 heteroatoms. The largest absolute Gasteiger partial charge is 0.507 e. The fraction of sp³-hybridized carbons (Fsp3) is 0.0909. The number of rotatable bonds is 3. The molecular formula is C11H10N2O3S. The van der Waals surface area contributed by atoms with E-state index in [-0.39, 0.29) is 17.2 Å². The molecule has 0 bridgehead atoms. The smallest absolute Gasteiger partial charge is 0.347 e. The van der Waals surface area contributed by atoms with E-state index in [1.165, 1.54) is 6.07 Å². The molecule has 0 aliphatic rings. The molecule has 0 saturated heterocycles. The number of nitrogens with two attached hydrogens (primary N) is 1. The van der Waals surface area contributed by atoms with Gasteiger partial charge in [0.25, 0.3) is 0 Å². The first-order valence-corrected chi connectivity index (χ1v) is 5.66. The summed E-state index contributed by atoms with van der Waals surface area (Å²) in [6.07, 6.45) is 0. The molecule has 0 saturated carbocycles. The predicted molar refractivity (Wildman–Crippen MR) is 64.1 cm³/mol. The lowest BCUT2D eigenvalue weighted by molar-refractivity contribution is 0.0700. The molecule has 0 aliphatic heterocycles. The highest BCUT2D eigenvalue weighted by molar-refractivity contribution is 7.17. The number of phenols is 1. The number of benzene rings is 1. The van der Waals surface area contributed by atoms with Crippen molar-refractivity contribution >= 4 is 17.3 Å². The van der Waals surface area contributed by atoms with Crippen LogP contribution in [0.1, 0.15) is 15.4 Å². The quantitative estimate of drug-likeness (QED) is 0.770. The van der Waals surface area contributed by atoms with Gasteiger partial charge in [-0.05, 0) is 12.1 Å². The minimum absolute atomic E-state index is 0.0612. The SMILES string of the molecule is NCc1nc(-c2ccccc2O)sc1C(=O)O. The lowest BCUT2D eigenvalue weighted by Gasteiger charge is -1.98. The molecule has 2 aromatic rings. The molecular weight excluding hydrogens is 240 g/mol. The molecule has 0 unspecified atom stereocenters. The van der Waals surface area contributed by atoms with Crippen molar-refractivity contribution in [1.82, 2.24) is 4.98 Å². The maximum absolute atomic E-state index is 11.0. The maximum Gasteiger partial charge on any atom is 0.347 e. The molecule has 88 valence electrons. The zero-order valence-electron chi connectivity index (χ0n) is 8.75. The Morgan fingerprint density at radius 2 is 2.12 bits per heavy atom. The van der Waals surface area contributed by atoms with Crippen molar-refractivity contribution in [2.24, 2.45) is 5.73 Å². The highest BCUT2D eigenvalue weighted by Crippen LogP contribution is 2.33. The molecule has 0 atom stereocenters. The summed E-state index contributed by atoms with van der Waals surface area (Å²) in [5.74, 6) is -0.980. The summed E-state index contributed by atoms with van der Waals surface area (Å²) in [6.45, 7) is 0.0612. The van der Waals surface area contributed by atoms with Gasteiger partial charge in [0.15, 0.2) is 0 Å². The van der Waals surface area contributed by atoms with Crippen LogP contribution in [0.15, 0.2) is 24.3 Å². The van der Waals surface area contributed by atoms with E-state index in [0.29, 0.717) is 16.3 Å². The van der Waals surface area contributed by atoms with Crippen LogP contribution in [0.5, 0.6) is 5.75 Å². The molecule has 0 radical (unpaired) electrons. The Kier molecular flexibility index (Phi) is 3.08. The van der Waals surface area contributed by atoms with Crippen LogP contribution in [0.2, 0.25) is 0 Å². The lowest BCUT2D eigenvalue weighted by Crippen LogP contribution is -2.04. The van der Waals surface area contributed by atoms with Gasteiger partial charge in [0.2, 0.25) is 0 Å². The minimum Gasteiger partial charge on any atom is -0.507 e. The summed E-state index contributed by atoms with van der Waals surface area (Å²) in [6, 6.07) is 6.65. The van der Waals surface area contributed by atoms with Gasteiger partial charge >= 0.3 is 5.97 Å². The van der Waals surface area contributed by atoms with E-state index in [4.69, 9.17) is 10.8 Å². The number of nitrogens with zero attached hydrogens (tertiary/aromatic N) is 1. The summed E-state index contributed by atoms with van der Waals surface area (Å²) in [7, 11) is 0. The molecule has 1 aromatic carbocycles. The normalized spacial score (nSPS) is 10.4. The zero-order chi connectivity index (χ0) is 12.4. The van der Waals surface area contributed by atoms with Crippen molar-refractivity contribution in [3.05, 3.63) is 34.8 Å². The van der Waals surface area contributed by atoms with Gasteiger partial charge in [-0.2, -0.15) is 0 Å². The predicted octanol–water partition coefficient (Wildman–Crippen LogP) is 1.67. The third-order valence-corrected chi connectivity index (χ3v) is 3.34. The van der Waals surface area contributed by atoms with Crippen molar-refractivity contribution in [2.75, 3.05) is 0 Å². The monoisotopic (exact) mass is 250 g/mol. The average molecular weight is 250 g/mol. The van der Waals surface area contributed by atoms with E-state index in [9.17, 15) is 9.90 Å². The van der Waals surface area contributed by atoms with Gasteiger partial charge in [-0.15, -0.1) is 11.3 Å². The number of carboxylic acid groups (broad SMARTS) is 1. The Bertz CT molecular complexity index is 566. The lowest BCUT2D eigenvalue weighted by atomic mass is 10.2. The molecule has 1 heterocycles. The van der Waals surface area contributed by atoms with Crippen molar-refractivity contribution in [3.63, 3.8) is 0 Å². The number of carboxylic acids is 1. The van der Waals surface area contributed by atoms with Crippen molar-refractivity contribution < 1.29 is 15.0 Å². The van der Waals surface area contributed by atoms with Crippen LogP contribution >= 0.6 is 11.3 Å². The van der Waals surface area contributed by atoms with Gasteiger partial charge in [0, 0.05) is 6.54 Å². The number of carbonyl (C=O) groups is 1. The Balaban J connectivity index is 2.54. The average Bonchev–Trinajstić information content (AvgIpc) is 2.73. The number of thiazole rings is 1. The number of para-hydroxylation sites is 1. The number of aromatic carboxylic acids is 1. The van der Waals surface area contributed by atoms with E-state index < -0.39 is 5.97 Å². The number of hydrogen-bond acceptors (Lipinski definition) is 5. The first kappa shape index (κ1) is 11.6. The van der Waals surface area contributed by atoms with Crippen LogP contribution < -0.4 is 5.73 Å². The molecule has 0 amide bonds. The van der Waals surface area contributed by atoms with Gasteiger partial charge in [0.05, 0.1) is 11.3 Å². The van der Waals surface area contributed by atoms with Crippen LogP contribution in [-0.4, -0.2) is 21.2 Å². The topological polar surface area (TPSA) is 96.4 Å². The van der Waals surface area contributed by atoms with Gasteiger partial charge in [-0.25, -0.2) is 9.78 Å². The molecule has 2 rings (SSSR count). The number of phenolic OH excluding ortho intramolecular Hbond substituents is 1. The summed E-state index contributed by atoms with van der Waals surface area (Å²) in [5.41, 5.74) is 6.28. The fourth-order valence-electron chi connectivity index (χ4n) is 1.43. The van der Waals surface area contributed by atoms with Crippen LogP contribution in [0.25, 0.3) is 10.6 Å². The van der Waals surface area contributed by atoms with Gasteiger partial charge in [-0.1, -0.05) is 12.1 Å². The number of aromatic hydroxyl groups is 1. The van der Waals surface area contributed by atoms with E-state index in [0.717, 1.165) is 11.3 Å². The van der Waals surface area contributed by atoms with Crippen molar-refractivity contribution in [3.8, 4) is 16.3 Å². The second kappa shape index (κ2) is 4.52. The number of aromatic nitrogens is 1. The molecule has 17 heavy (non-hydrogen) atoms. The molecule has 0 spiro atoms. The molecule has 0 fully saturated rings. The van der Waals surface area contributed by atoms with Gasteiger partial charge < -0.3 is 15.9 Å². The molecule has 5 nitrogen and oxygen atoms in total. The van der Waals surface area contributed by atoms with Gasteiger partial charge in [-0.3, -0.25) is 0 Å². The van der Waals surface area contributed by atoms with Crippen LogP contribution in [0, 0.1) is 0 Å². The zero-order valence-corrected chi connectivity index (χ0v) is 9.57. The minimum atomic E-state index is -1.05. The summed E-state index contributed by atoms with van der Waals surface area (Å²) >= 11 is 1.01. The van der Waals surface area contributed by atoms with Crippen LogP contribution in [-0.2, 0) is 6.54 Å². The fourth-order valence-corrected chi connectivity index (χ4v) is 2.39. The molecule has 4 N–H and O–H groups in total. The highest BCUT2D eigenvalue weighted by atomic mass is 32.1. The van der Waals surface area contributed by atoms with Crippen molar-refractivity contribution in [1.29, 1.82) is 0 Å². The number of hydrogen-bond donors (Lipinski definition) is 3. The van der Waals surface area contributed by atoms with E-state index >= 15 is 0 Å². The second-order valence-electron chi connectivity index (χ2n) is 3.32. The summed E-state index contributed by atoms with van der Waals surface area (Å²) in [5, 5.41) is 19.1. The Morgan fingerprint density at radius 3 is 2.65 bits per heavy atom.